The van der Waals surface area contributed by atoms with Gasteiger partial charge in [-0.2, -0.15) is 0 Å². The van der Waals surface area contributed by atoms with Crippen LogP contribution in [0.5, 0.6) is 0 Å². The predicted molar refractivity (Wildman–Crippen MR) is 58.6 cm³/mol. The van der Waals surface area contributed by atoms with E-state index in [4.69, 9.17) is 10.3 Å². The van der Waals surface area contributed by atoms with Crippen LogP contribution in [-0.2, 0) is 0 Å². The summed E-state index contributed by atoms with van der Waals surface area (Å²) in [6.45, 7) is 0. The van der Waals surface area contributed by atoms with Gasteiger partial charge in [0.15, 0.2) is 0 Å². The molecule has 1 aromatic heterocycles. The Hall–Kier alpha value is -2.10. The van der Waals surface area contributed by atoms with Gasteiger partial charge in [0.05, 0.1) is 0 Å². The molecule has 2 aromatic rings. The summed E-state index contributed by atoms with van der Waals surface area (Å²) < 4.78 is 4.77. The fourth-order valence-corrected chi connectivity index (χ4v) is 1.30. The molecule has 0 amide bonds. The van der Waals surface area contributed by atoms with E-state index in [1.165, 1.54) is 0 Å². The highest BCUT2D eigenvalue weighted by molar-refractivity contribution is 5.97. The number of nitrogens with two attached hydrogens (primary N) is 1. The third-order valence-corrected chi connectivity index (χ3v) is 2.16. The van der Waals surface area contributed by atoms with E-state index in [0.29, 0.717) is 5.84 Å². The third-order valence-electron chi connectivity index (χ3n) is 2.16. The second-order valence-corrected chi connectivity index (χ2v) is 3.07. The minimum atomic E-state index is 0.529. The van der Waals surface area contributed by atoms with Gasteiger partial charge in [-0.15, -0.1) is 0 Å². The molecule has 2 N–H and O–H groups in total. The Labute approximate surface area is 87.4 Å². The first-order valence-electron chi connectivity index (χ1n) is 4.54. The van der Waals surface area contributed by atoms with Crippen LogP contribution in [0, 0.1) is 0 Å². The van der Waals surface area contributed by atoms with Crippen molar-refractivity contribution in [3.63, 3.8) is 0 Å². The number of hydrogen-bond donors (Lipinski definition) is 1. The monoisotopic (exact) mass is 201 g/mol. The predicted octanol–water partition coefficient (Wildman–Crippen LogP) is 1.68. The molecule has 0 bridgehead atoms. The molecule has 15 heavy (non-hydrogen) atoms. The molecule has 1 aromatic carbocycles. The van der Waals surface area contributed by atoms with Crippen LogP contribution >= 0.6 is 0 Å². The Balaban J connectivity index is 2.33. The molecule has 0 spiro atoms. The maximum Gasteiger partial charge on any atom is 0.125 e. The van der Waals surface area contributed by atoms with Crippen LogP contribution in [0.4, 0.5) is 0 Å². The Morgan fingerprint density at radius 1 is 1.27 bits per heavy atom. The fourth-order valence-electron chi connectivity index (χ4n) is 1.30. The number of aromatic nitrogens is 1. The molecule has 0 fully saturated rings. The quantitative estimate of drug-likeness (QED) is 0.593. The van der Waals surface area contributed by atoms with Gasteiger partial charge < -0.3 is 10.3 Å². The molecule has 76 valence electrons. The van der Waals surface area contributed by atoms with E-state index < -0.39 is 0 Å². The number of rotatable bonds is 2. The average Bonchev–Trinajstić information content (AvgIpc) is 2.82. The Morgan fingerprint density at radius 3 is 2.53 bits per heavy atom. The minimum absolute atomic E-state index is 0.529. The van der Waals surface area contributed by atoms with Crippen molar-refractivity contribution in [3.8, 4) is 11.3 Å². The zero-order chi connectivity index (χ0) is 10.7. The van der Waals surface area contributed by atoms with Crippen molar-refractivity contribution >= 4 is 5.84 Å². The number of amidine groups is 1. The van der Waals surface area contributed by atoms with Crippen LogP contribution in [0.2, 0.25) is 0 Å². The van der Waals surface area contributed by atoms with Crippen LogP contribution < -0.4 is 5.73 Å². The van der Waals surface area contributed by atoms with Crippen molar-refractivity contribution in [1.29, 1.82) is 0 Å². The van der Waals surface area contributed by atoms with Crippen LogP contribution in [0.3, 0.4) is 0 Å². The molecule has 4 nitrogen and oxygen atoms in total. The molecule has 0 aliphatic heterocycles. The number of hydrogen-bond acceptors (Lipinski definition) is 3. The van der Waals surface area contributed by atoms with Crippen LogP contribution in [0.25, 0.3) is 11.3 Å². The normalized spacial score (nSPS) is 11.7. The molecule has 2 rings (SSSR count). The fraction of sp³-hybridized carbons (Fsp3) is 0.0909. The molecule has 0 atom stereocenters. The third kappa shape index (κ3) is 1.88. The van der Waals surface area contributed by atoms with Gasteiger partial charge in [-0.25, -0.2) is 0 Å². The zero-order valence-corrected chi connectivity index (χ0v) is 8.34. The molecular formula is C11H11N3O. The lowest BCUT2D eigenvalue weighted by molar-refractivity contribution is 0.422. The Morgan fingerprint density at radius 2 is 2.00 bits per heavy atom. The molecule has 0 aliphatic carbocycles. The summed E-state index contributed by atoms with van der Waals surface area (Å²) >= 11 is 0. The first-order chi connectivity index (χ1) is 7.31. The van der Waals surface area contributed by atoms with Gasteiger partial charge in [-0.3, -0.25) is 4.99 Å². The van der Waals surface area contributed by atoms with Crippen molar-refractivity contribution in [2.75, 3.05) is 7.05 Å². The smallest absolute Gasteiger partial charge is 0.125 e. The summed E-state index contributed by atoms with van der Waals surface area (Å²) in [6.07, 6.45) is 1.55. The molecular weight excluding hydrogens is 190 g/mol. The molecule has 0 radical (unpaired) electrons. The second kappa shape index (κ2) is 3.96. The number of benzene rings is 1. The van der Waals surface area contributed by atoms with Gasteiger partial charge in [-0.1, -0.05) is 29.4 Å². The van der Waals surface area contributed by atoms with Crippen molar-refractivity contribution in [2.45, 2.75) is 0 Å². The highest BCUT2D eigenvalue weighted by Gasteiger charge is 2.02. The first kappa shape index (κ1) is 9.45. The standard InChI is InChI=1S/C11H11N3O/c1-13-11(12)9-4-2-8(3-5-9)10-6-7-15-14-10/h2-7H,1H3,(H2,12,13). The van der Waals surface area contributed by atoms with Crippen LogP contribution in [0.15, 0.2) is 46.1 Å². The van der Waals surface area contributed by atoms with Crippen molar-refractivity contribution in [1.82, 2.24) is 5.16 Å². The van der Waals surface area contributed by atoms with Gasteiger partial charge in [-0.05, 0) is 0 Å². The summed E-state index contributed by atoms with van der Waals surface area (Å²) in [5.74, 6) is 0.529. The topological polar surface area (TPSA) is 64.4 Å². The van der Waals surface area contributed by atoms with E-state index in [2.05, 4.69) is 10.1 Å². The molecule has 0 saturated carbocycles. The number of aliphatic imine (C=N–C) groups is 1. The summed E-state index contributed by atoms with van der Waals surface area (Å²) in [7, 11) is 1.67. The second-order valence-electron chi connectivity index (χ2n) is 3.07. The average molecular weight is 201 g/mol. The maximum absolute atomic E-state index is 5.68. The SMILES string of the molecule is CN=C(N)c1ccc(-c2ccon2)cc1. The summed E-state index contributed by atoms with van der Waals surface area (Å²) in [5, 5.41) is 3.84. The highest BCUT2D eigenvalue weighted by Crippen LogP contribution is 2.17. The lowest BCUT2D eigenvalue weighted by Crippen LogP contribution is -2.12. The van der Waals surface area contributed by atoms with E-state index in [9.17, 15) is 0 Å². The van der Waals surface area contributed by atoms with Gasteiger partial charge in [0.25, 0.3) is 0 Å². The van der Waals surface area contributed by atoms with Crippen molar-refractivity contribution < 1.29 is 4.52 Å². The summed E-state index contributed by atoms with van der Waals surface area (Å²) in [5.41, 5.74) is 8.40. The Kier molecular flexibility index (Phi) is 2.49. The minimum Gasteiger partial charge on any atom is -0.384 e. The van der Waals surface area contributed by atoms with E-state index >= 15 is 0 Å². The molecule has 0 unspecified atom stereocenters. The number of nitrogens with zero attached hydrogens (tertiary/aromatic N) is 2. The largest absolute Gasteiger partial charge is 0.384 e. The van der Waals surface area contributed by atoms with Gasteiger partial charge in [0, 0.05) is 24.2 Å². The Bertz CT molecular complexity index is 457. The van der Waals surface area contributed by atoms with Crippen LogP contribution in [0.1, 0.15) is 5.56 Å². The highest BCUT2D eigenvalue weighted by atomic mass is 16.5. The molecule has 0 saturated heterocycles. The lowest BCUT2D eigenvalue weighted by Gasteiger charge is -2.00. The van der Waals surface area contributed by atoms with E-state index in [0.717, 1.165) is 16.8 Å². The van der Waals surface area contributed by atoms with Gasteiger partial charge in [0.2, 0.25) is 0 Å². The van der Waals surface area contributed by atoms with Crippen molar-refractivity contribution in [3.05, 3.63) is 42.2 Å². The molecule has 4 heteroatoms. The summed E-state index contributed by atoms with van der Waals surface area (Å²) in [4.78, 5) is 3.91. The zero-order valence-electron chi connectivity index (χ0n) is 8.34. The van der Waals surface area contributed by atoms with Crippen LogP contribution in [-0.4, -0.2) is 18.0 Å². The lowest BCUT2D eigenvalue weighted by atomic mass is 10.1. The maximum atomic E-state index is 5.68. The summed E-state index contributed by atoms with van der Waals surface area (Å²) in [6, 6.07) is 9.50. The van der Waals surface area contributed by atoms with E-state index in [1.54, 1.807) is 13.3 Å². The first-order valence-corrected chi connectivity index (χ1v) is 4.54. The molecule has 1 heterocycles. The van der Waals surface area contributed by atoms with Gasteiger partial charge in [0.1, 0.15) is 17.8 Å². The van der Waals surface area contributed by atoms with Crippen molar-refractivity contribution in [2.24, 2.45) is 10.7 Å². The van der Waals surface area contributed by atoms with E-state index in [1.807, 2.05) is 30.3 Å². The molecule has 0 aliphatic rings. The van der Waals surface area contributed by atoms with E-state index in [-0.39, 0.29) is 0 Å². The van der Waals surface area contributed by atoms with Gasteiger partial charge >= 0.3 is 0 Å².